The number of rotatable bonds is 2. The van der Waals surface area contributed by atoms with E-state index >= 15 is 0 Å². The third-order valence-electron chi connectivity index (χ3n) is 3.18. The highest BCUT2D eigenvalue weighted by atomic mass is 19.4. The quantitative estimate of drug-likeness (QED) is 0.716. The molecule has 8 heteroatoms. The van der Waals surface area contributed by atoms with Gasteiger partial charge in [0.1, 0.15) is 0 Å². The summed E-state index contributed by atoms with van der Waals surface area (Å²) in [6, 6.07) is -0.568. The van der Waals surface area contributed by atoms with Crippen molar-refractivity contribution in [3.05, 3.63) is 0 Å². The minimum absolute atomic E-state index is 0.396. The molecule has 1 fully saturated rings. The minimum atomic E-state index is -5.84. The van der Waals surface area contributed by atoms with Gasteiger partial charge in [-0.05, 0) is 33.0 Å². The van der Waals surface area contributed by atoms with E-state index in [9.17, 15) is 26.7 Å². The lowest BCUT2D eigenvalue weighted by atomic mass is 10.0. The first-order valence-corrected chi connectivity index (χ1v) is 5.47. The van der Waals surface area contributed by atoms with E-state index in [4.69, 9.17) is 0 Å². The molecule has 1 amide bonds. The second kappa shape index (κ2) is 4.99. The molecule has 0 spiro atoms. The largest absolute Gasteiger partial charge is 0.463 e. The maximum Gasteiger partial charge on any atom is 0.463 e. The van der Waals surface area contributed by atoms with Crippen molar-refractivity contribution in [2.45, 2.75) is 31.0 Å². The highest BCUT2D eigenvalue weighted by Crippen LogP contribution is 2.37. The molecule has 0 bridgehead atoms. The molecule has 0 atom stereocenters. The normalized spacial score (nSPS) is 19.9. The zero-order chi connectivity index (χ0) is 14.1. The highest BCUT2D eigenvalue weighted by Gasteiger charge is 2.64. The van der Waals surface area contributed by atoms with Crippen LogP contribution in [0.5, 0.6) is 0 Å². The lowest BCUT2D eigenvalue weighted by Crippen LogP contribution is -2.55. The second-order valence-electron chi connectivity index (χ2n) is 4.52. The molecule has 0 saturated carbocycles. The number of halogens is 5. The Labute approximate surface area is 102 Å². The first-order chi connectivity index (χ1) is 8.07. The van der Waals surface area contributed by atoms with Crippen LogP contribution in [0, 0.1) is 0 Å². The molecule has 3 nitrogen and oxygen atoms in total. The van der Waals surface area contributed by atoms with Crippen LogP contribution in [0.25, 0.3) is 0 Å². The average molecular weight is 274 g/mol. The van der Waals surface area contributed by atoms with Crippen molar-refractivity contribution in [2.24, 2.45) is 0 Å². The molecule has 18 heavy (non-hydrogen) atoms. The van der Waals surface area contributed by atoms with E-state index in [-0.39, 0.29) is 0 Å². The van der Waals surface area contributed by atoms with Crippen LogP contribution in [0.3, 0.4) is 0 Å². The van der Waals surface area contributed by atoms with Crippen LogP contribution in [-0.2, 0) is 4.79 Å². The molecule has 1 aliphatic rings. The van der Waals surface area contributed by atoms with Crippen LogP contribution in [-0.4, -0.2) is 61.0 Å². The Kier molecular flexibility index (Phi) is 4.19. The number of likely N-dealkylation sites (tertiary alicyclic amines) is 1. The second-order valence-corrected chi connectivity index (χ2v) is 4.52. The number of carbonyl (C=O) groups excluding carboxylic acids is 1. The summed E-state index contributed by atoms with van der Waals surface area (Å²) in [6.45, 7) is 1.14. The Morgan fingerprint density at radius 2 is 1.61 bits per heavy atom. The maximum absolute atomic E-state index is 12.9. The van der Waals surface area contributed by atoms with E-state index in [1.165, 1.54) is 0 Å². The summed E-state index contributed by atoms with van der Waals surface area (Å²) in [5.41, 5.74) is 0. The third kappa shape index (κ3) is 2.90. The van der Waals surface area contributed by atoms with Crippen LogP contribution in [0.4, 0.5) is 22.0 Å². The van der Waals surface area contributed by atoms with Gasteiger partial charge in [0.15, 0.2) is 0 Å². The molecule has 0 aromatic heterocycles. The third-order valence-corrected chi connectivity index (χ3v) is 3.18. The van der Waals surface area contributed by atoms with Crippen LogP contribution in [0.1, 0.15) is 12.8 Å². The number of carbonyl (C=O) groups is 1. The van der Waals surface area contributed by atoms with Gasteiger partial charge in [-0.1, -0.05) is 0 Å². The minimum Gasteiger partial charge on any atom is -0.337 e. The number of alkyl halides is 5. The molecule has 0 aliphatic carbocycles. The monoisotopic (exact) mass is 274 g/mol. The van der Waals surface area contributed by atoms with Gasteiger partial charge in [-0.15, -0.1) is 0 Å². The van der Waals surface area contributed by atoms with E-state index < -0.39 is 24.0 Å². The molecule has 1 saturated heterocycles. The summed E-state index contributed by atoms with van der Waals surface area (Å²) in [5.74, 6) is -7.49. The van der Waals surface area contributed by atoms with E-state index in [2.05, 4.69) is 0 Å². The van der Waals surface area contributed by atoms with Crippen molar-refractivity contribution in [3.63, 3.8) is 0 Å². The molecule has 1 heterocycles. The van der Waals surface area contributed by atoms with Crippen molar-refractivity contribution >= 4 is 5.91 Å². The van der Waals surface area contributed by atoms with Gasteiger partial charge in [0, 0.05) is 13.1 Å². The summed E-state index contributed by atoms with van der Waals surface area (Å²) in [5, 5.41) is 0. The maximum atomic E-state index is 12.9. The molecule has 106 valence electrons. The van der Waals surface area contributed by atoms with Gasteiger partial charge < -0.3 is 9.80 Å². The Hall–Kier alpha value is -0.920. The first kappa shape index (κ1) is 15.1. The fourth-order valence-electron chi connectivity index (χ4n) is 1.89. The lowest BCUT2D eigenvalue weighted by Gasteiger charge is -2.36. The van der Waals surface area contributed by atoms with Gasteiger partial charge in [-0.25, -0.2) is 0 Å². The molecule has 1 aliphatic heterocycles. The number of piperidine rings is 1. The topological polar surface area (TPSA) is 23.6 Å². The first-order valence-electron chi connectivity index (χ1n) is 5.47. The fraction of sp³-hybridized carbons (Fsp3) is 0.900. The number of nitrogens with zero attached hydrogens (tertiary/aromatic N) is 2. The van der Waals surface area contributed by atoms with Crippen LogP contribution in [0.15, 0.2) is 0 Å². The zero-order valence-corrected chi connectivity index (χ0v) is 10.1. The van der Waals surface area contributed by atoms with E-state index in [0.717, 1.165) is 7.05 Å². The van der Waals surface area contributed by atoms with Crippen LogP contribution < -0.4 is 0 Å². The summed E-state index contributed by atoms with van der Waals surface area (Å²) in [7, 11) is 2.82. The van der Waals surface area contributed by atoms with Crippen molar-refractivity contribution < 1.29 is 26.7 Å². The summed E-state index contributed by atoms with van der Waals surface area (Å²) in [4.78, 5) is 13.7. The van der Waals surface area contributed by atoms with Gasteiger partial charge in [0.25, 0.3) is 0 Å². The summed E-state index contributed by atoms with van der Waals surface area (Å²) in [6.07, 6.45) is -5.05. The number of amides is 1. The van der Waals surface area contributed by atoms with E-state index in [1.807, 2.05) is 11.9 Å². The number of hydrogen-bond donors (Lipinski definition) is 0. The average Bonchev–Trinajstić information content (AvgIpc) is 2.26. The predicted octanol–water partition coefficient (Wildman–Crippen LogP) is 1.74. The molecule has 0 aromatic rings. The fourth-order valence-corrected chi connectivity index (χ4v) is 1.89. The van der Waals surface area contributed by atoms with Gasteiger partial charge >= 0.3 is 18.0 Å². The smallest absolute Gasteiger partial charge is 0.337 e. The van der Waals surface area contributed by atoms with Gasteiger partial charge in [-0.2, -0.15) is 22.0 Å². The van der Waals surface area contributed by atoms with Crippen LogP contribution in [0.2, 0.25) is 0 Å². The van der Waals surface area contributed by atoms with Crippen molar-refractivity contribution in [1.82, 2.24) is 9.80 Å². The van der Waals surface area contributed by atoms with Crippen molar-refractivity contribution in [3.8, 4) is 0 Å². The highest BCUT2D eigenvalue weighted by molar-refractivity contribution is 5.84. The van der Waals surface area contributed by atoms with Crippen molar-refractivity contribution in [1.29, 1.82) is 0 Å². The Balaban J connectivity index is 2.72. The Morgan fingerprint density at radius 3 is 2.00 bits per heavy atom. The SMILES string of the molecule is CN1CCC(N(C)C(=O)C(F)(F)C(F)(F)F)CC1. The van der Waals surface area contributed by atoms with Crippen LogP contribution >= 0.6 is 0 Å². The molecule has 1 rings (SSSR count). The molecule has 0 radical (unpaired) electrons. The molecule has 0 aromatic carbocycles. The number of hydrogen-bond acceptors (Lipinski definition) is 2. The molecule has 0 unspecified atom stereocenters. The Bertz CT molecular complexity index is 310. The summed E-state index contributed by atoms with van der Waals surface area (Å²) >= 11 is 0. The standard InChI is InChI=1S/C10H15F5N2O/c1-16-5-3-7(4-6-16)17(2)8(18)9(11,12)10(13,14)15/h7H,3-6H2,1-2H3. The Morgan fingerprint density at radius 1 is 1.17 bits per heavy atom. The van der Waals surface area contributed by atoms with E-state index in [1.54, 1.807) is 0 Å². The van der Waals surface area contributed by atoms with Gasteiger partial charge in [-0.3, -0.25) is 4.79 Å². The van der Waals surface area contributed by atoms with E-state index in [0.29, 0.717) is 30.8 Å². The van der Waals surface area contributed by atoms with Gasteiger partial charge in [0.2, 0.25) is 0 Å². The lowest BCUT2D eigenvalue weighted by molar-refractivity contribution is -0.274. The summed E-state index contributed by atoms with van der Waals surface area (Å²) < 4.78 is 62.0. The predicted molar refractivity (Wildman–Crippen MR) is 54.3 cm³/mol. The molecular weight excluding hydrogens is 259 g/mol. The molecular formula is C10H15F5N2O. The van der Waals surface area contributed by atoms with Crippen molar-refractivity contribution in [2.75, 3.05) is 27.2 Å². The zero-order valence-electron chi connectivity index (χ0n) is 10.1. The van der Waals surface area contributed by atoms with Gasteiger partial charge in [0.05, 0.1) is 0 Å². The molecule has 0 N–H and O–H groups in total.